The zero-order chi connectivity index (χ0) is 24.7. The third-order valence-corrected chi connectivity index (χ3v) is 6.71. The highest BCUT2D eigenvalue weighted by molar-refractivity contribution is 5.94. The van der Waals surface area contributed by atoms with Crippen LogP contribution < -0.4 is 19.7 Å². The molecule has 1 amide bonds. The Bertz CT molecular complexity index is 1320. The van der Waals surface area contributed by atoms with Crippen LogP contribution in [0.25, 0.3) is 10.9 Å². The lowest BCUT2D eigenvalue weighted by Gasteiger charge is -2.33. The number of aromatic nitrogens is 1. The van der Waals surface area contributed by atoms with Crippen molar-refractivity contribution in [3.63, 3.8) is 0 Å². The number of nitrogens with one attached hydrogen (secondary N) is 1. The second-order valence-electron chi connectivity index (χ2n) is 9.15. The number of nitrogens with zero attached hydrogens (tertiary/aromatic N) is 2. The maximum atomic E-state index is 12.5. The lowest BCUT2D eigenvalue weighted by molar-refractivity contribution is -0.118. The van der Waals surface area contributed by atoms with Crippen molar-refractivity contribution in [2.24, 2.45) is 5.92 Å². The highest BCUT2D eigenvalue weighted by Gasteiger charge is 2.21. The van der Waals surface area contributed by atoms with E-state index >= 15 is 0 Å². The van der Waals surface area contributed by atoms with Crippen LogP contribution in [0, 0.1) is 5.92 Å². The maximum absolute atomic E-state index is 12.5. The van der Waals surface area contributed by atoms with E-state index < -0.39 is 0 Å². The number of anilines is 2. The molecular formula is C30H31N3O3. The number of methoxy groups -OCH3 is 1. The maximum Gasteiger partial charge on any atom is 0.262 e. The molecule has 1 aliphatic heterocycles. The molecule has 1 N–H and O–H groups in total. The monoisotopic (exact) mass is 481 g/mol. The SMILES string of the molecule is COc1ccccc1NC(=O)COc1cccc2ccc(N3CCC(Cc4ccccc4)CC3)nc12. The van der Waals surface area contributed by atoms with Crippen LogP contribution in [-0.4, -0.2) is 37.7 Å². The van der Waals surface area contributed by atoms with Crippen LogP contribution in [0.15, 0.2) is 84.9 Å². The fraction of sp³-hybridized carbons (Fsp3) is 0.267. The number of ether oxygens (including phenoxy) is 2. The summed E-state index contributed by atoms with van der Waals surface area (Å²) in [4.78, 5) is 19.8. The minimum Gasteiger partial charge on any atom is -0.495 e. The van der Waals surface area contributed by atoms with E-state index in [4.69, 9.17) is 14.5 Å². The normalized spacial score (nSPS) is 14.0. The van der Waals surface area contributed by atoms with Crippen LogP contribution in [0.5, 0.6) is 11.5 Å². The molecule has 0 radical (unpaired) electrons. The molecule has 0 bridgehead atoms. The van der Waals surface area contributed by atoms with Gasteiger partial charge < -0.3 is 19.7 Å². The number of hydrogen-bond donors (Lipinski definition) is 1. The first-order valence-electron chi connectivity index (χ1n) is 12.4. The van der Waals surface area contributed by atoms with Gasteiger partial charge in [-0.2, -0.15) is 0 Å². The van der Waals surface area contributed by atoms with Crippen molar-refractivity contribution < 1.29 is 14.3 Å². The van der Waals surface area contributed by atoms with Gasteiger partial charge in [-0.05, 0) is 61.1 Å². The molecule has 3 aromatic carbocycles. The average molecular weight is 482 g/mol. The van der Waals surface area contributed by atoms with Gasteiger partial charge in [-0.25, -0.2) is 4.98 Å². The highest BCUT2D eigenvalue weighted by Crippen LogP contribution is 2.30. The molecule has 2 heterocycles. The van der Waals surface area contributed by atoms with Gasteiger partial charge >= 0.3 is 0 Å². The number of carbonyl (C=O) groups excluding carboxylic acids is 1. The Morgan fingerprint density at radius 1 is 0.917 bits per heavy atom. The molecule has 0 spiro atoms. The zero-order valence-electron chi connectivity index (χ0n) is 20.5. The zero-order valence-corrected chi connectivity index (χ0v) is 20.5. The van der Waals surface area contributed by atoms with Gasteiger partial charge in [0.1, 0.15) is 22.8 Å². The van der Waals surface area contributed by atoms with Gasteiger partial charge in [-0.15, -0.1) is 0 Å². The summed E-state index contributed by atoms with van der Waals surface area (Å²) >= 11 is 0. The van der Waals surface area contributed by atoms with E-state index in [9.17, 15) is 4.79 Å². The van der Waals surface area contributed by atoms with Crippen LogP contribution in [-0.2, 0) is 11.2 Å². The number of amides is 1. The number of fused-ring (bicyclic) bond motifs is 1. The highest BCUT2D eigenvalue weighted by atomic mass is 16.5. The summed E-state index contributed by atoms with van der Waals surface area (Å²) in [7, 11) is 1.58. The molecule has 6 heteroatoms. The first-order chi connectivity index (χ1) is 17.7. The van der Waals surface area contributed by atoms with E-state index in [1.54, 1.807) is 19.2 Å². The lowest BCUT2D eigenvalue weighted by atomic mass is 9.90. The Labute approximate surface area is 211 Å². The molecule has 6 nitrogen and oxygen atoms in total. The Balaban J connectivity index is 1.23. The van der Waals surface area contributed by atoms with Crippen LogP contribution in [0.4, 0.5) is 11.5 Å². The van der Waals surface area contributed by atoms with E-state index in [0.29, 0.717) is 23.1 Å². The number of hydrogen-bond acceptors (Lipinski definition) is 5. The molecule has 0 aliphatic carbocycles. The molecule has 1 aliphatic rings. The first-order valence-corrected chi connectivity index (χ1v) is 12.4. The average Bonchev–Trinajstić information content (AvgIpc) is 2.93. The number of para-hydroxylation sites is 3. The number of carbonyl (C=O) groups is 1. The summed E-state index contributed by atoms with van der Waals surface area (Å²) in [5.41, 5.74) is 2.80. The minimum atomic E-state index is -0.256. The van der Waals surface area contributed by atoms with E-state index in [1.165, 1.54) is 5.56 Å². The van der Waals surface area contributed by atoms with Crippen molar-refractivity contribution in [1.29, 1.82) is 0 Å². The van der Waals surface area contributed by atoms with Gasteiger partial charge in [-0.3, -0.25) is 4.79 Å². The quantitative estimate of drug-likeness (QED) is 0.349. The smallest absolute Gasteiger partial charge is 0.262 e. The summed E-state index contributed by atoms with van der Waals surface area (Å²) in [6.07, 6.45) is 3.43. The minimum absolute atomic E-state index is 0.117. The molecule has 0 unspecified atom stereocenters. The van der Waals surface area contributed by atoms with E-state index in [2.05, 4.69) is 52.7 Å². The van der Waals surface area contributed by atoms with Gasteiger partial charge in [0.15, 0.2) is 6.61 Å². The van der Waals surface area contributed by atoms with Crippen LogP contribution in [0.2, 0.25) is 0 Å². The lowest BCUT2D eigenvalue weighted by Crippen LogP contribution is -2.34. The molecule has 1 saturated heterocycles. The molecule has 0 atom stereocenters. The molecule has 5 rings (SSSR count). The Morgan fingerprint density at radius 2 is 1.67 bits per heavy atom. The molecule has 1 fully saturated rings. The van der Waals surface area contributed by atoms with Crippen LogP contribution in [0.1, 0.15) is 18.4 Å². The summed E-state index contributed by atoms with van der Waals surface area (Å²) in [6, 6.07) is 28.0. The topological polar surface area (TPSA) is 63.7 Å². The fourth-order valence-electron chi connectivity index (χ4n) is 4.79. The second kappa shape index (κ2) is 11.1. The molecule has 0 saturated carbocycles. The van der Waals surface area contributed by atoms with Crippen molar-refractivity contribution in [2.45, 2.75) is 19.3 Å². The van der Waals surface area contributed by atoms with Crippen LogP contribution >= 0.6 is 0 Å². The Kier molecular flexibility index (Phi) is 7.31. The third kappa shape index (κ3) is 5.60. The molecule has 36 heavy (non-hydrogen) atoms. The van der Waals surface area contributed by atoms with Crippen molar-refractivity contribution in [3.8, 4) is 11.5 Å². The van der Waals surface area contributed by atoms with Crippen molar-refractivity contribution >= 4 is 28.3 Å². The van der Waals surface area contributed by atoms with Gasteiger partial charge in [0.2, 0.25) is 0 Å². The van der Waals surface area contributed by atoms with Crippen molar-refractivity contribution in [2.75, 3.05) is 37.0 Å². The second-order valence-corrected chi connectivity index (χ2v) is 9.15. The number of rotatable bonds is 8. The Morgan fingerprint density at radius 3 is 2.47 bits per heavy atom. The summed E-state index contributed by atoms with van der Waals surface area (Å²) in [5.74, 6) is 2.60. The van der Waals surface area contributed by atoms with E-state index in [1.807, 2.05) is 30.3 Å². The molecular weight excluding hydrogens is 450 g/mol. The molecule has 184 valence electrons. The van der Waals surface area contributed by atoms with Crippen molar-refractivity contribution in [1.82, 2.24) is 4.98 Å². The van der Waals surface area contributed by atoms with Gasteiger partial charge in [0, 0.05) is 18.5 Å². The standard InChI is InChI=1S/C30H31N3O3/c1-35-26-12-6-5-11-25(26)31-29(34)21-36-27-13-7-10-24-14-15-28(32-30(24)27)33-18-16-23(17-19-33)20-22-8-3-2-4-9-22/h2-15,23H,16-21H2,1H3,(H,31,34). The van der Waals surface area contributed by atoms with Crippen LogP contribution in [0.3, 0.4) is 0 Å². The number of benzene rings is 3. The predicted molar refractivity (Wildman–Crippen MR) is 144 cm³/mol. The molecule has 1 aromatic heterocycles. The summed E-state index contributed by atoms with van der Waals surface area (Å²) < 4.78 is 11.2. The predicted octanol–water partition coefficient (Wildman–Crippen LogP) is 5.72. The van der Waals surface area contributed by atoms with Gasteiger partial charge in [-0.1, -0.05) is 54.6 Å². The van der Waals surface area contributed by atoms with E-state index in [0.717, 1.165) is 49.1 Å². The van der Waals surface area contributed by atoms with Gasteiger partial charge in [0.05, 0.1) is 12.8 Å². The third-order valence-electron chi connectivity index (χ3n) is 6.71. The first kappa shape index (κ1) is 23.7. The summed E-state index contributed by atoms with van der Waals surface area (Å²) in [6.45, 7) is 1.86. The summed E-state index contributed by atoms with van der Waals surface area (Å²) in [5, 5.41) is 3.83. The van der Waals surface area contributed by atoms with Gasteiger partial charge in [0.25, 0.3) is 5.91 Å². The largest absolute Gasteiger partial charge is 0.495 e. The fourth-order valence-corrected chi connectivity index (χ4v) is 4.79. The number of piperidine rings is 1. The van der Waals surface area contributed by atoms with Crippen molar-refractivity contribution in [3.05, 3.63) is 90.5 Å². The number of pyridine rings is 1. The molecule has 4 aromatic rings. The van der Waals surface area contributed by atoms with E-state index in [-0.39, 0.29) is 12.5 Å². The Hall–Kier alpha value is -4.06.